The van der Waals surface area contributed by atoms with Gasteiger partial charge in [-0.25, -0.2) is 4.79 Å². The monoisotopic (exact) mass is 481 g/mol. The van der Waals surface area contributed by atoms with Gasteiger partial charge in [0.05, 0.1) is 26.5 Å². The zero-order valence-electron chi connectivity index (χ0n) is 19.7. The van der Waals surface area contributed by atoms with Crippen LogP contribution in [0.3, 0.4) is 0 Å². The van der Waals surface area contributed by atoms with Crippen molar-refractivity contribution in [2.75, 3.05) is 31.4 Å². The molecule has 1 atom stereocenters. The van der Waals surface area contributed by atoms with E-state index in [1.807, 2.05) is 42.5 Å². The van der Waals surface area contributed by atoms with Crippen molar-refractivity contribution in [3.05, 3.63) is 53.6 Å². The lowest BCUT2D eigenvalue weighted by Gasteiger charge is -2.35. The van der Waals surface area contributed by atoms with Crippen molar-refractivity contribution in [3.63, 3.8) is 0 Å². The summed E-state index contributed by atoms with van der Waals surface area (Å²) in [6.45, 7) is 0.925. The van der Waals surface area contributed by atoms with E-state index in [0.29, 0.717) is 24.6 Å². The van der Waals surface area contributed by atoms with Crippen LogP contribution in [-0.2, 0) is 16.2 Å². The molecule has 0 bridgehead atoms. The van der Waals surface area contributed by atoms with Crippen LogP contribution in [0.15, 0.2) is 42.5 Å². The molecule has 1 N–H and O–H groups in total. The van der Waals surface area contributed by atoms with Gasteiger partial charge in [-0.2, -0.15) is 0 Å². The van der Waals surface area contributed by atoms with Gasteiger partial charge in [0.1, 0.15) is 11.5 Å². The van der Waals surface area contributed by atoms with Crippen molar-refractivity contribution in [2.24, 2.45) is 0 Å². The molecule has 1 aliphatic carbocycles. The first-order valence-corrected chi connectivity index (χ1v) is 12.9. The number of amides is 3. The van der Waals surface area contributed by atoms with E-state index in [0.717, 1.165) is 48.2 Å². The number of hydrogen-bond donors (Lipinski definition) is 1. The summed E-state index contributed by atoms with van der Waals surface area (Å²) in [4.78, 5) is 30.1. The summed E-state index contributed by atoms with van der Waals surface area (Å²) >= 11 is 1.54. The Labute approximate surface area is 204 Å². The summed E-state index contributed by atoms with van der Waals surface area (Å²) < 4.78 is 10.9. The number of methoxy groups -OCH3 is 2. The molecule has 0 unspecified atom stereocenters. The highest BCUT2D eigenvalue weighted by Crippen LogP contribution is 2.55. The van der Waals surface area contributed by atoms with Crippen LogP contribution in [0.2, 0.25) is 0 Å². The molecule has 2 heterocycles. The Bertz CT molecular complexity index is 1090. The van der Waals surface area contributed by atoms with Crippen molar-refractivity contribution in [2.45, 2.75) is 49.6 Å². The average molecular weight is 482 g/mol. The summed E-state index contributed by atoms with van der Waals surface area (Å²) in [5, 5.41) is 3.23. The average Bonchev–Trinajstić information content (AvgIpc) is 3.41. The zero-order chi connectivity index (χ0) is 23.7. The van der Waals surface area contributed by atoms with Crippen LogP contribution in [-0.4, -0.2) is 49.4 Å². The van der Waals surface area contributed by atoms with Gasteiger partial charge >= 0.3 is 6.03 Å². The predicted molar refractivity (Wildman–Crippen MR) is 133 cm³/mol. The Kier molecular flexibility index (Phi) is 6.34. The van der Waals surface area contributed by atoms with Crippen LogP contribution in [0, 0.1) is 0 Å². The Balaban J connectivity index is 1.51. The van der Waals surface area contributed by atoms with E-state index in [1.165, 1.54) is 18.2 Å². The number of nitrogens with one attached hydrogen (secondary N) is 1. The van der Waals surface area contributed by atoms with Gasteiger partial charge in [-0.05, 0) is 48.7 Å². The topological polar surface area (TPSA) is 71.1 Å². The van der Waals surface area contributed by atoms with Gasteiger partial charge in [-0.15, -0.1) is 11.8 Å². The second kappa shape index (κ2) is 9.41. The molecule has 3 aliphatic rings. The molecule has 1 saturated heterocycles. The van der Waals surface area contributed by atoms with Crippen LogP contribution >= 0.6 is 11.8 Å². The van der Waals surface area contributed by atoms with Crippen molar-refractivity contribution in [1.82, 2.24) is 10.2 Å². The molecule has 2 aromatic carbocycles. The molecular formula is C26H31N3O4S. The molecule has 180 valence electrons. The van der Waals surface area contributed by atoms with Gasteiger partial charge < -0.3 is 19.7 Å². The van der Waals surface area contributed by atoms with Crippen molar-refractivity contribution in [1.29, 1.82) is 0 Å². The molecule has 0 aromatic heterocycles. The number of rotatable bonds is 5. The number of benzene rings is 2. The second-order valence-corrected chi connectivity index (χ2v) is 10.3. The van der Waals surface area contributed by atoms with Crippen LogP contribution in [0.1, 0.15) is 43.2 Å². The summed E-state index contributed by atoms with van der Waals surface area (Å²) in [6.07, 6.45) is 5.50. The molecule has 0 radical (unpaired) electrons. The van der Waals surface area contributed by atoms with Gasteiger partial charge in [0.15, 0.2) is 4.87 Å². The third-order valence-electron chi connectivity index (χ3n) is 7.05. The summed E-state index contributed by atoms with van der Waals surface area (Å²) in [5.41, 5.74) is 2.60. The van der Waals surface area contributed by atoms with E-state index in [-0.39, 0.29) is 18.0 Å². The van der Waals surface area contributed by atoms with E-state index in [2.05, 4.69) is 5.32 Å². The highest BCUT2D eigenvalue weighted by molar-refractivity contribution is 8.01. The number of carbonyl (C=O) groups is 2. The molecule has 2 fully saturated rings. The molecule has 5 rings (SSSR count). The molecule has 34 heavy (non-hydrogen) atoms. The Hall–Kier alpha value is -2.87. The fraction of sp³-hybridized carbons (Fsp3) is 0.462. The van der Waals surface area contributed by atoms with E-state index < -0.39 is 4.87 Å². The maximum atomic E-state index is 14.2. The fourth-order valence-corrected chi connectivity index (χ4v) is 6.78. The lowest BCUT2D eigenvalue weighted by Crippen LogP contribution is -2.55. The van der Waals surface area contributed by atoms with E-state index >= 15 is 0 Å². The van der Waals surface area contributed by atoms with Gasteiger partial charge in [0, 0.05) is 23.9 Å². The summed E-state index contributed by atoms with van der Waals surface area (Å²) in [5.74, 6) is 2.04. The van der Waals surface area contributed by atoms with E-state index in [9.17, 15) is 9.59 Å². The molecule has 2 aromatic rings. The van der Waals surface area contributed by atoms with E-state index in [1.54, 1.807) is 24.0 Å². The second-order valence-electron chi connectivity index (χ2n) is 9.05. The quantitative estimate of drug-likeness (QED) is 0.681. The number of hydrogen-bond acceptors (Lipinski definition) is 5. The first-order chi connectivity index (χ1) is 16.6. The third kappa shape index (κ3) is 3.87. The molecule has 1 spiro atoms. The molecule has 1 saturated carbocycles. The number of thioether (sulfide) groups is 1. The maximum Gasteiger partial charge on any atom is 0.319 e. The SMILES string of the molecule is COc1cccc(CN2C(=O)[C@@]3(SCCN3C(=O)NC3CCCCC3)c3cc(OC)ccc32)c1. The number of ether oxygens (including phenoxy) is 2. The maximum absolute atomic E-state index is 14.2. The highest BCUT2D eigenvalue weighted by atomic mass is 32.2. The summed E-state index contributed by atoms with van der Waals surface area (Å²) in [7, 11) is 3.25. The van der Waals surface area contributed by atoms with Crippen molar-refractivity contribution in [3.8, 4) is 11.5 Å². The van der Waals surface area contributed by atoms with Crippen LogP contribution in [0.25, 0.3) is 0 Å². The zero-order valence-corrected chi connectivity index (χ0v) is 20.5. The first-order valence-electron chi connectivity index (χ1n) is 11.9. The smallest absolute Gasteiger partial charge is 0.319 e. The minimum absolute atomic E-state index is 0.0835. The van der Waals surface area contributed by atoms with Crippen LogP contribution < -0.4 is 19.7 Å². The largest absolute Gasteiger partial charge is 0.497 e. The highest BCUT2D eigenvalue weighted by Gasteiger charge is 2.59. The molecular weight excluding hydrogens is 450 g/mol. The Morgan fingerprint density at radius 3 is 2.62 bits per heavy atom. The number of fused-ring (bicyclic) bond motifs is 2. The Morgan fingerprint density at radius 2 is 1.85 bits per heavy atom. The molecule has 2 aliphatic heterocycles. The molecule has 3 amide bonds. The van der Waals surface area contributed by atoms with Gasteiger partial charge in [-0.1, -0.05) is 31.4 Å². The van der Waals surface area contributed by atoms with Crippen molar-refractivity contribution < 1.29 is 19.1 Å². The minimum atomic E-state index is -1.08. The third-order valence-corrected chi connectivity index (χ3v) is 8.47. The number of nitrogens with zero attached hydrogens (tertiary/aromatic N) is 2. The minimum Gasteiger partial charge on any atom is -0.497 e. The number of anilines is 1. The predicted octanol–water partition coefficient (Wildman–Crippen LogP) is 4.49. The molecule has 8 heteroatoms. The van der Waals surface area contributed by atoms with Gasteiger partial charge in [0.2, 0.25) is 0 Å². The molecule has 7 nitrogen and oxygen atoms in total. The van der Waals surface area contributed by atoms with Crippen LogP contribution in [0.4, 0.5) is 10.5 Å². The number of urea groups is 1. The lowest BCUT2D eigenvalue weighted by molar-refractivity contribution is -0.123. The fourth-order valence-electron chi connectivity index (χ4n) is 5.33. The normalized spacial score (nSPS) is 22.2. The lowest BCUT2D eigenvalue weighted by atomic mass is 9.95. The van der Waals surface area contributed by atoms with Crippen LogP contribution in [0.5, 0.6) is 11.5 Å². The van der Waals surface area contributed by atoms with Crippen molar-refractivity contribution >= 4 is 29.4 Å². The van der Waals surface area contributed by atoms with E-state index in [4.69, 9.17) is 9.47 Å². The number of carbonyl (C=O) groups excluding carboxylic acids is 2. The summed E-state index contributed by atoms with van der Waals surface area (Å²) in [6, 6.07) is 13.5. The first kappa shape index (κ1) is 22.9. The standard InChI is InChI=1S/C26H31N3O4S/c1-32-20-10-6-7-18(15-20)17-28-23-12-11-21(33-2)16-22(23)26(24(28)30)29(13-14-34-26)25(31)27-19-8-4-3-5-9-19/h6-7,10-12,15-16,19H,3-5,8-9,13-14,17H2,1-2H3,(H,27,31)/t26-/m0/s1. The van der Waals surface area contributed by atoms with Gasteiger partial charge in [-0.3, -0.25) is 9.69 Å². The Morgan fingerprint density at radius 1 is 1.09 bits per heavy atom. The van der Waals surface area contributed by atoms with Gasteiger partial charge in [0.25, 0.3) is 5.91 Å².